The van der Waals surface area contributed by atoms with E-state index in [0.29, 0.717) is 11.7 Å². The molecule has 2 nitrogen and oxygen atoms in total. The van der Waals surface area contributed by atoms with Gasteiger partial charge < -0.3 is 9.31 Å². The van der Waals surface area contributed by atoms with Gasteiger partial charge in [-0.05, 0) is 45.6 Å². The van der Waals surface area contributed by atoms with Crippen LogP contribution in [0.15, 0.2) is 30.3 Å². The first-order chi connectivity index (χ1) is 9.91. The maximum atomic E-state index is 6.33. The van der Waals surface area contributed by atoms with E-state index in [2.05, 4.69) is 58.0 Å². The summed E-state index contributed by atoms with van der Waals surface area (Å²) in [5, 5.41) is 0. The zero-order valence-electron chi connectivity index (χ0n) is 13.8. The summed E-state index contributed by atoms with van der Waals surface area (Å²) in [6, 6.07) is 10.9. The number of hydrogen-bond donors (Lipinski definition) is 0. The van der Waals surface area contributed by atoms with Gasteiger partial charge in [0.25, 0.3) is 0 Å². The van der Waals surface area contributed by atoms with Gasteiger partial charge in [0.1, 0.15) is 0 Å². The molecule has 0 amide bonds. The summed E-state index contributed by atoms with van der Waals surface area (Å²) in [7, 11) is -0.0690. The van der Waals surface area contributed by atoms with Crippen LogP contribution in [0, 0.1) is 0 Å². The Morgan fingerprint density at radius 2 is 1.48 bits per heavy atom. The second kappa shape index (κ2) is 5.44. The van der Waals surface area contributed by atoms with E-state index in [4.69, 9.17) is 9.31 Å². The van der Waals surface area contributed by atoms with Crippen molar-refractivity contribution in [1.82, 2.24) is 0 Å². The zero-order valence-corrected chi connectivity index (χ0v) is 13.8. The number of benzene rings is 1. The van der Waals surface area contributed by atoms with Gasteiger partial charge in [0.15, 0.2) is 0 Å². The Balaban J connectivity index is 1.83. The van der Waals surface area contributed by atoms with Gasteiger partial charge in [0.05, 0.1) is 11.2 Å². The van der Waals surface area contributed by atoms with E-state index < -0.39 is 0 Å². The molecular weight excluding hydrogens is 259 g/mol. The van der Waals surface area contributed by atoms with Gasteiger partial charge in [0, 0.05) is 5.82 Å². The first-order valence-electron chi connectivity index (χ1n) is 8.31. The molecule has 3 heteroatoms. The van der Waals surface area contributed by atoms with Crippen molar-refractivity contribution in [3.63, 3.8) is 0 Å². The largest absolute Gasteiger partial charge is 0.461 e. The number of hydrogen-bond acceptors (Lipinski definition) is 2. The van der Waals surface area contributed by atoms with Crippen LogP contribution in [0.2, 0.25) is 5.82 Å². The molecule has 0 bridgehead atoms. The Bertz CT molecular complexity index is 467. The van der Waals surface area contributed by atoms with Crippen molar-refractivity contribution in [1.29, 1.82) is 0 Å². The first-order valence-corrected chi connectivity index (χ1v) is 8.31. The van der Waals surface area contributed by atoms with Gasteiger partial charge in [-0.1, -0.05) is 49.6 Å². The van der Waals surface area contributed by atoms with Crippen molar-refractivity contribution in [3.8, 4) is 0 Å². The highest BCUT2D eigenvalue weighted by atomic mass is 16.7. The van der Waals surface area contributed by atoms with Crippen LogP contribution >= 0.6 is 0 Å². The molecule has 1 heterocycles. The van der Waals surface area contributed by atoms with Crippen molar-refractivity contribution < 1.29 is 9.31 Å². The van der Waals surface area contributed by atoms with E-state index in [1.807, 2.05) is 0 Å². The minimum absolute atomic E-state index is 0.0690. The van der Waals surface area contributed by atoms with Gasteiger partial charge in [-0.2, -0.15) is 0 Å². The molecule has 21 heavy (non-hydrogen) atoms. The van der Waals surface area contributed by atoms with E-state index in [1.165, 1.54) is 31.2 Å². The lowest BCUT2D eigenvalue weighted by Crippen LogP contribution is -2.41. The van der Waals surface area contributed by atoms with Gasteiger partial charge in [-0.15, -0.1) is 0 Å². The fraction of sp³-hybridized carbons (Fsp3) is 0.667. The van der Waals surface area contributed by atoms with E-state index in [0.717, 1.165) is 0 Å². The standard InChI is InChI=1S/C18H27BO2/c1-17(2)18(3,4)21-19(20-17)16-13-9-8-12-15(16)14-10-6-5-7-11-14/h5-7,10-11,15-16H,8-9,12-13H2,1-4H3/t15-,16-/m1/s1. The minimum Gasteiger partial charge on any atom is -0.403 e. The van der Waals surface area contributed by atoms with Crippen LogP contribution in [0.4, 0.5) is 0 Å². The van der Waals surface area contributed by atoms with Crippen LogP contribution in [-0.2, 0) is 9.31 Å². The molecule has 3 rings (SSSR count). The molecule has 1 aliphatic heterocycles. The molecule has 0 unspecified atom stereocenters. The van der Waals surface area contributed by atoms with Crippen molar-refractivity contribution in [2.75, 3.05) is 0 Å². The van der Waals surface area contributed by atoms with E-state index in [9.17, 15) is 0 Å². The zero-order chi connectivity index (χ0) is 15.1. The summed E-state index contributed by atoms with van der Waals surface area (Å²) in [6.45, 7) is 8.58. The van der Waals surface area contributed by atoms with Crippen molar-refractivity contribution in [3.05, 3.63) is 35.9 Å². The summed E-state index contributed by atoms with van der Waals surface area (Å²) in [4.78, 5) is 0. The molecule has 1 saturated heterocycles. The summed E-state index contributed by atoms with van der Waals surface area (Å²) in [6.07, 6.45) is 5.06. The Morgan fingerprint density at radius 3 is 2.10 bits per heavy atom. The minimum atomic E-state index is -0.226. The molecule has 2 fully saturated rings. The molecule has 1 aliphatic carbocycles. The highest BCUT2D eigenvalue weighted by molar-refractivity contribution is 6.47. The Labute approximate surface area is 129 Å². The molecule has 1 aromatic rings. The Morgan fingerprint density at radius 1 is 0.905 bits per heavy atom. The maximum Gasteiger partial charge on any atom is 0.461 e. The second-order valence-corrected chi connectivity index (χ2v) is 7.59. The van der Waals surface area contributed by atoms with Crippen LogP contribution in [0.1, 0.15) is 64.9 Å². The average molecular weight is 286 g/mol. The molecule has 1 saturated carbocycles. The molecule has 0 N–H and O–H groups in total. The third-order valence-corrected chi connectivity index (χ3v) is 5.67. The van der Waals surface area contributed by atoms with E-state index >= 15 is 0 Å². The molecule has 0 radical (unpaired) electrons. The van der Waals surface area contributed by atoms with E-state index in [1.54, 1.807) is 0 Å². The third-order valence-electron chi connectivity index (χ3n) is 5.67. The first kappa shape index (κ1) is 15.1. The fourth-order valence-corrected chi connectivity index (χ4v) is 3.66. The molecule has 0 spiro atoms. The summed E-state index contributed by atoms with van der Waals surface area (Å²) < 4.78 is 12.7. The second-order valence-electron chi connectivity index (χ2n) is 7.59. The van der Waals surface area contributed by atoms with Gasteiger partial charge >= 0.3 is 7.12 Å². The maximum absolute atomic E-state index is 6.33. The van der Waals surface area contributed by atoms with Crippen molar-refractivity contribution in [2.45, 2.75) is 76.3 Å². The molecule has 0 aromatic heterocycles. The molecular formula is C18H27BO2. The Kier molecular flexibility index (Phi) is 3.92. The van der Waals surface area contributed by atoms with Gasteiger partial charge in [-0.3, -0.25) is 0 Å². The fourth-order valence-electron chi connectivity index (χ4n) is 3.66. The lowest BCUT2D eigenvalue weighted by molar-refractivity contribution is 0.00578. The lowest BCUT2D eigenvalue weighted by atomic mass is 9.57. The molecule has 114 valence electrons. The summed E-state index contributed by atoms with van der Waals surface area (Å²) >= 11 is 0. The SMILES string of the molecule is CC1(C)OB([C@@H]2CCCC[C@@H]2c2ccccc2)OC1(C)C. The molecule has 1 aromatic carbocycles. The van der Waals surface area contributed by atoms with Crippen LogP contribution in [0.5, 0.6) is 0 Å². The normalized spacial score (nSPS) is 31.3. The Hall–Kier alpha value is -0.795. The smallest absolute Gasteiger partial charge is 0.403 e. The number of rotatable bonds is 2. The molecule has 2 atom stereocenters. The summed E-state index contributed by atoms with van der Waals surface area (Å²) in [5.74, 6) is 1.04. The topological polar surface area (TPSA) is 18.5 Å². The quantitative estimate of drug-likeness (QED) is 0.726. The van der Waals surface area contributed by atoms with Crippen LogP contribution in [0.3, 0.4) is 0 Å². The van der Waals surface area contributed by atoms with Gasteiger partial charge in [-0.25, -0.2) is 0 Å². The predicted octanol–water partition coefficient (Wildman–Crippen LogP) is 4.81. The van der Waals surface area contributed by atoms with Crippen molar-refractivity contribution >= 4 is 7.12 Å². The lowest BCUT2D eigenvalue weighted by Gasteiger charge is -2.33. The summed E-state index contributed by atoms with van der Waals surface area (Å²) in [5.41, 5.74) is 0.990. The van der Waals surface area contributed by atoms with Gasteiger partial charge in [0.2, 0.25) is 0 Å². The molecule has 2 aliphatic rings. The van der Waals surface area contributed by atoms with E-state index in [-0.39, 0.29) is 18.3 Å². The monoisotopic (exact) mass is 286 g/mol. The van der Waals surface area contributed by atoms with Crippen LogP contribution < -0.4 is 0 Å². The van der Waals surface area contributed by atoms with Crippen molar-refractivity contribution in [2.24, 2.45) is 0 Å². The van der Waals surface area contributed by atoms with Crippen LogP contribution in [-0.4, -0.2) is 18.3 Å². The highest BCUT2D eigenvalue weighted by Gasteiger charge is 2.55. The highest BCUT2D eigenvalue weighted by Crippen LogP contribution is 2.49. The van der Waals surface area contributed by atoms with Crippen LogP contribution in [0.25, 0.3) is 0 Å². The average Bonchev–Trinajstić information content (AvgIpc) is 2.68. The predicted molar refractivity (Wildman–Crippen MR) is 87.5 cm³/mol. The third kappa shape index (κ3) is 2.78.